The molecule has 1 N–H and O–H groups in total. The summed E-state index contributed by atoms with van der Waals surface area (Å²) >= 11 is 0. The predicted octanol–water partition coefficient (Wildman–Crippen LogP) is 4.46. The number of amides is 1. The van der Waals surface area contributed by atoms with Gasteiger partial charge in [0.15, 0.2) is 5.76 Å². The first-order valence-electron chi connectivity index (χ1n) is 8.02. The Labute approximate surface area is 144 Å². The van der Waals surface area contributed by atoms with E-state index in [0.717, 1.165) is 28.0 Å². The summed E-state index contributed by atoms with van der Waals surface area (Å²) in [5.74, 6) is 0.584. The number of aryl methyl sites for hydroxylation is 2. The molecule has 3 aromatic heterocycles. The van der Waals surface area contributed by atoms with Gasteiger partial charge in [-0.1, -0.05) is 23.3 Å². The lowest BCUT2D eigenvalue weighted by molar-refractivity contribution is 0.0996. The van der Waals surface area contributed by atoms with E-state index >= 15 is 0 Å². The lowest BCUT2D eigenvalue weighted by atomic mass is 10.0. The third-order valence-corrected chi connectivity index (χ3v) is 4.00. The lowest BCUT2D eigenvalue weighted by Crippen LogP contribution is -2.13. The van der Waals surface area contributed by atoms with Crippen LogP contribution in [-0.4, -0.2) is 15.3 Å². The number of imidazole rings is 1. The van der Waals surface area contributed by atoms with E-state index in [4.69, 9.17) is 9.40 Å². The number of hydrogen-bond donors (Lipinski definition) is 1. The quantitative estimate of drug-likeness (QED) is 0.603. The number of nitrogens with zero attached hydrogens (tertiary/aromatic N) is 2. The molecule has 4 rings (SSSR count). The van der Waals surface area contributed by atoms with Crippen molar-refractivity contribution in [1.82, 2.24) is 9.38 Å². The van der Waals surface area contributed by atoms with Crippen LogP contribution >= 0.6 is 0 Å². The topological polar surface area (TPSA) is 59.5 Å². The molecule has 0 atom stereocenters. The van der Waals surface area contributed by atoms with Gasteiger partial charge in [0.2, 0.25) is 0 Å². The van der Waals surface area contributed by atoms with Crippen LogP contribution in [0.5, 0.6) is 0 Å². The SMILES string of the molecule is Cc1cc(C)cc(-c2nc3ccccn3c2NC(=O)c2ccco2)c1. The second-order valence-electron chi connectivity index (χ2n) is 6.05. The van der Waals surface area contributed by atoms with Crippen LogP contribution in [0, 0.1) is 13.8 Å². The average Bonchev–Trinajstić information content (AvgIpc) is 3.22. The molecule has 0 fully saturated rings. The Morgan fingerprint density at radius 3 is 2.60 bits per heavy atom. The fraction of sp³-hybridized carbons (Fsp3) is 0.100. The highest BCUT2D eigenvalue weighted by Gasteiger charge is 2.18. The first-order chi connectivity index (χ1) is 12.1. The van der Waals surface area contributed by atoms with E-state index in [1.165, 1.54) is 6.26 Å². The fourth-order valence-electron chi connectivity index (χ4n) is 3.00. The van der Waals surface area contributed by atoms with Gasteiger partial charge in [-0.05, 0) is 50.2 Å². The molecule has 0 aliphatic carbocycles. The highest BCUT2D eigenvalue weighted by atomic mass is 16.3. The van der Waals surface area contributed by atoms with E-state index < -0.39 is 0 Å². The molecular formula is C20H17N3O2. The summed E-state index contributed by atoms with van der Waals surface area (Å²) in [5.41, 5.74) is 4.77. The van der Waals surface area contributed by atoms with Crippen molar-refractivity contribution in [3.63, 3.8) is 0 Å². The third-order valence-electron chi connectivity index (χ3n) is 4.00. The summed E-state index contributed by atoms with van der Waals surface area (Å²) in [7, 11) is 0. The minimum atomic E-state index is -0.304. The van der Waals surface area contributed by atoms with Crippen LogP contribution in [0.3, 0.4) is 0 Å². The third kappa shape index (κ3) is 2.80. The molecule has 124 valence electrons. The molecule has 1 aromatic carbocycles. The number of hydrogen-bond acceptors (Lipinski definition) is 3. The van der Waals surface area contributed by atoms with Crippen molar-refractivity contribution in [3.05, 3.63) is 77.9 Å². The van der Waals surface area contributed by atoms with E-state index in [9.17, 15) is 4.79 Å². The van der Waals surface area contributed by atoms with Gasteiger partial charge < -0.3 is 9.73 Å². The van der Waals surface area contributed by atoms with Crippen molar-refractivity contribution in [2.75, 3.05) is 5.32 Å². The van der Waals surface area contributed by atoms with Crippen LogP contribution in [0.4, 0.5) is 5.82 Å². The van der Waals surface area contributed by atoms with Crippen LogP contribution in [0.1, 0.15) is 21.7 Å². The second-order valence-corrected chi connectivity index (χ2v) is 6.05. The summed E-state index contributed by atoms with van der Waals surface area (Å²) in [6.07, 6.45) is 3.36. The number of furan rings is 1. The predicted molar refractivity (Wildman–Crippen MR) is 96.8 cm³/mol. The van der Waals surface area contributed by atoms with Crippen LogP contribution in [0.15, 0.2) is 65.4 Å². The number of nitrogens with one attached hydrogen (secondary N) is 1. The van der Waals surface area contributed by atoms with Gasteiger partial charge in [-0.15, -0.1) is 0 Å². The number of fused-ring (bicyclic) bond motifs is 1. The minimum absolute atomic E-state index is 0.261. The largest absolute Gasteiger partial charge is 0.459 e. The monoisotopic (exact) mass is 331 g/mol. The summed E-state index contributed by atoms with van der Waals surface area (Å²) in [6.45, 7) is 4.10. The van der Waals surface area contributed by atoms with Crippen LogP contribution < -0.4 is 5.32 Å². The summed E-state index contributed by atoms with van der Waals surface area (Å²) in [5, 5.41) is 2.94. The van der Waals surface area contributed by atoms with Gasteiger partial charge in [0.1, 0.15) is 17.2 Å². The lowest BCUT2D eigenvalue weighted by Gasteiger charge is -2.08. The minimum Gasteiger partial charge on any atom is -0.459 e. The fourth-order valence-corrected chi connectivity index (χ4v) is 3.00. The van der Waals surface area contributed by atoms with Crippen molar-refractivity contribution in [2.45, 2.75) is 13.8 Å². The highest BCUT2D eigenvalue weighted by molar-refractivity contribution is 6.04. The molecular weight excluding hydrogens is 314 g/mol. The Morgan fingerprint density at radius 2 is 1.88 bits per heavy atom. The maximum Gasteiger partial charge on any atom is 0.292 e. The van der Waals surface area contributed by atoms with Gasteiger partial charge >= 0.3 is 0 Å². The van der Waals surface area contributed by atoms with Crippen LogP contribution in [0.25, 0.3) is 16.9 Å². The van der Waals surface area contributed by atoms with Gasteiger partial charge in [0.25, 0.3) is 5.91 Å². The average molecular weight is 331 g/mol. The molecule has 4 aromatic rings. The molecule has 3 heterocycles. The normalized spacial score (nSPS) is 11.0. The van der Waals surface area contributed by atoms with Crippen molar-refractivity contribution in [1.29, 1.82) is 0 Å². The summed E-state index contributed by atoms with van der Waals surface area (Å²) in [4.78, 5) is 17.2. The van der Waals surface area contributed by atoms with Crippen molar-refractivity contribution < 1.29 is 9.21 Å². The van der Waals surface area contributed by atoms with Crippen molar-refractivity contribution in [2.24, 2.45) is 0 Å². The summed E-state index contributed by atoms with van der Waals surface area (Å²) in [6, 6.07) is 15.3. The van der Waals surface area contributed by atoms with E-state index in [0.29, 0.717) is 5.82 Å². The van der Waals surface area contributed by atoms with Gasteiger partial charge in [0.05, 0.1) is 6.26 Å². The molecule has 0 saturated carbocycles. The number of carbonyl (C=O) groups excluding carboxylic acids is 1. The standard InChI is InChI=1S/C20H17N3O2/c1-13-10-14(2)12-15(11-13)18-19(22-20(24)16-6-5-9-25-16)23-8-4-3-7-17(23)21-18/h3-12H,1-2H3,(H,22,24). The molecule has 0 spiro atoms. The Balaban J connectivity index is 1.87. The summed E-state index contributed by atoms with van der Waals surface area (Å²) < 4.78 is 7.07. The number of aromatic nitrogens is 2. The maximum absolute atomic E-state index is 12.5. The molecule has 0 aliphatic rings. The Bertz CT molecular complexity index is 1040. The van der Waals surface area contributed by atoms with E-state index in [2.05, 4.69) is 23.5 Å². The number of benzene rings is 1. The van der Waals surface area contributed by atoms with Crippen LogP contribution in [-0.2, 0) is 0 Å². The molecule has 1 amide bonds. The van der Waals surface area contributed by atoms with E-state index in [1.54, 1.807) is 12.1 Å². The molecule has 0 radical (unpaired) electrons. The van der Waals surface area contributed by atoms with Crippen molar-refractivity contribution in [3.8, 4) is 11.3 Å². The maximum atomic E-state index is 12.5. The molecule has 0 saturated heterocycles. The first kappa shape index (κ1) is 15.2. The Morgan fingerprint density at radius 1 is 1.08 bits per heavy atom. The molecule has 0 aliphatic heterocycles. The highest BCUT2D eigenvalue weighted by Crippen LogP contribution is 2.30. The van der Waals surface area contributed by atoms with Crippen molar-refractivity contribution >= 4 is 17.4 Å². The zero-order valence-corrected chi connectivity index (χ0v) is 14.0. The van der Waals surface area contributed by atoms with Gasteiger partial charge in [-0.3, -0.25) is 9.20 Å². The molecule has 0 unspecified atom stereocenters. The van der Waals surface area contributed by atoms with Gasteiger partial charge in [-0.2, -0.15) is 0 Å². The molecule has 25 heavy (non-hydrogen) atoms. The van der Waals surface area contributed by atoms with E-state index in [1.807, 2.05) is 42.6 Å². The smallest absolute Gasteiger partial charge is 0.292 e. The second kappa shape index (κ2) is 5.94. The van der Waals surface area contributed by atoms with E-state index in [-0.39, 0.29) is 11.7 Å². The zero-order chi connectivity index (χ0) is 17.4. The Hall–Kier alpha value is -3.34. The molecule has 5 heteroatoms. The molecule has 5 nitrogen and oxygen atoms in total. The number of pyridine rings is 1. The number of rotatable bonds is 3. The van der Waals surface area contributed by atoms with Gasteiger partial charge in [0, 0.05) is 11.8 Å². The Kier molecular flexibility index (Phi) is 3.61. The number of anilines is 1. The number of carbonyl (C=O) groups is 1. The molecule has 0 bridgehead atoms. The first-order valence-corrected chi connectivity index (χ1v) is 8.02. The van der Waals surface area contributed by atoms with Gasteiger partial charge in [-0.25, -0.2) is 4.98 Å². The van der Waals surface area contributed by atoms with Crippen LogP contribution in [0.2, 0.25) is 0 Å². The zero-order valence-electron chi connectivity index (χ0n) is 14.0.